The first-order valence-corrected chi connectivity index (χ1v) is 7.05. The van der Waals surface area contributed by atoms with E-state index in [1.54, 1.807) is 0 Å². The van der Waals surface area contributed by atoms with E-state index in [1.807, 2.05) is 25.1 Å². The standard InChI is InChI=1S/C15H12BrClF2/c1-9-5-6-12(16)10(7-9)13(17)8-11-14(18)3-2-4-15(11)19/h2-7,13H,8H2,1H3. The maximum atomic E-state index is 13.6. The molecule has 0 aromatic heterocycles. The van der Waals surface area contributed by atoms with Crippen molar-refractivity contribution in [2.45, 2.75) is 18.7 Å². The molecule has 2 aromatic rings. The summed E-state index contributed by atoms with van der Waals surface area (Å²) in [6, 6.07) is 9.58. The maximum Gasteiger partial charge on any atom is 0.129 e. The fourth-order valence-electron chi connectivity index (χ4n) is 1.92. The molecule has 2 aromatic carbocycles. The number of hydrogen-bond acceptors (Lipinski definition) is 0. The molecule has 0 amide bonds. The van der Waals surface area contributed by atoms with Crippen molar-refractivity contribution in [1.29, 1.82) is 0 Å². The molecule has 4 heteroatoms. The van der Waals surface area contributed by atoms with Crippen LogP contribution in [0, 0.1) is 18.6 Å². The topological polar surface area (TPSA) is 0 Å². The van der Waals surface area contributed by atoms with Gasteiger partial charge in [-0.1, -0.05) is 39.7 Å². The first-order chi connectivity index (χ1) is 8.99. The molecule has 0 aliphatic carbocycles. The van der Waals surface area contributed by atoms with Crippen LogP contribution in [0.5, 0.6) is 0 Å². The van der Waals surface area contributed by atoms with Crippen LogP contribution in [0.4, 0.5) is 8.78 Å². The highest BCUT2D eigenvalue weighted by Gasteiger charge is 2.17. The van der Waals surface area contributed by atoms with E-state index in [-0.39, 0.29) is 12.0 Å². The second-order valence-electron chi connectivity index (χ2n) is 4.40. The Kier molecular flexibility index (Phi) is 4.58. The summed E-state index contributed by atoms with van der Waals surface area (Å²) in [5.41, 5.74) is 1.91. The lowest BCUT2D eigenvalue weighted by Crippen LogP contribution is -2.02. The summed E-state index contributed by atoms with van der Waals surface area (Å²) in [5, 5.41) is -0.485. The number of rotatable bonds is 3. The number of alkyl halides is 1. The van der Waals surface area contributed by atoms with Crippen LogP contribution in [0.3, 0.4) is 0 Å². The van der Waals surface area contributed by atoms with Crippen LogP contribution in [0.15, 0.2) is 40.9 Å². The van der Waals surface area contributed by atoms with Gasteiger partial charge in [0.1, 0.15) is 11.6 Å². The fraction of sp³-hybridized carbons (Fsp3) is 0.200. The van der Waals surface area contributed by atoms with Crippen molar-refractivity contribution in [2.24, 2.45) is 0 Å². The van der Waals surface area contributed by atoms with E-state index in [0.29, 0.717) is 0 Å². The van der Waals surface area contributed by atoms with Gasteiger partial charge in [0.05, 0.1) is 5.38 Å². The Labute approximate surface area is 124 Å². The molecule has 0 radical (unpaired) electrons. The van der Waals surface area contributed by atoms with Gasteiger partial charge in [0, 0.05) is 10.0 Å². The van der Waals surface area contributed by atoms with Gasteiger partial charge in [-0.15, -0.1) is 11.6 Å². The van der Waals surface area contributed by atoms with E-state index in [0.717, 1.165) is 15.6 Å². The highest BCUT2D eigenvalue weighted by Crippen LogP contribution is 2.32. The van der Waals surface area contributed by atoms with Crippen LogP contribution in [0.1, 0.15) is 22.1 Å². The van der Waals surface area contributed by atoms with Crippen molar-refractivity contribution >= 4 is 27.5 Å². The predicted octanol–water partition coefficient (Wildman–Crippen LogP) is 5.56. The molecule has 0 spiro atoms. The second kappa shape index (κ2) is 6.02. The van der Waals surface area contributed by atoms with Gasteiger partial charge in [-0.3, -0.25) is 0 Å². The van der Waals surface area contributed by atoms with E-state index in [9.17, 15) is 8.78 Å². The number of aryl methyl sites for hydroxylation is 1. The molecule has 0 N–H and O–H groups in total. The molecule has 0 saturated heterocycles. The quantitative estimate of drug-likeness (QED) is 0.639. The molecule has 100 valence electrons. The summed E-state index contributed by atoms with van der Waals surface area (Å²) in [5.74, 6) is -1.12. The predicted molar refractivity (Wildman–Crippen MR) is 77.5 cm³/mol. The third-order valence-corrected chi connectivity index (χ3v) is 4.05. The van der Waals surface area contributed by atoms with Crippen molar-refractivity contribution in [1.82, 2.24) is 0 Å². The van der Waals surface area contributed by atoms with Gasteiger partial charge in [-0.05, 0) is 37.1 Å². The van der Waals surface area contributed by atoms with Crippen LogP contribution in [0.25, 0.3) is 0 Å². The highest BCUT2D eigenvalue weighted by molar-refractivity contribution is 9.10. The van der Waals surface area contributed by atoms with E-state index in [1.165, 1.54) is 18.2 Å². The molecule has 0 fully saturated rings. The van der Waals surface area contributed by atoms with Crippen LogP contribution < -0.4 is 0 Å². The minimum absolute atomic E-state index is 0.0240. The molecule has 0 aliphatic heterocycles. The van der Waals surface area contributed by atoms with Crippen molar-refractivity contribution in [2.75, 3.05) is 0 Å². The Morgan fingerprint density at radius 1 is 1.16 bits per heavy atom. The van der Waals surface area contributed by atoms with Gasteiger partial charge >= 0.3 is 0 Å². The van der Waals surface area contributed by atoms with Gasteiger partial charge in [0.2, 0.25) is 0 Å². The lowest BCUT2D eigenvalue weighted by molar-refractivity contribution is 0.553. The number of halogens is 4. The Morgan fingerprint density at radius 2 is 1.79 bits per heavy atom. The Balaban J connectivity index is 2.31. The molecule has 1 unspecified atom stereocenters. The SMILES string of the molecule is Cc1ccc(Br)c(C(Cl)Cc2c(F)cccc2F)c1. The summed E-state index contributed by atoms with van der Waals surface area (Å²) in [4.78, 5) is 0. The Morgan fingerprint density at radius 3 is 2.42 bits per heavy atom. The van der Waals surface area contributed by atoms with Crippen LogP contribution in [-0.4, -0.2) is 0 Å². The molecule has 0 aliphatic rings. The summed E-state index contributed by atoms with van der Waals surface area (Å²) in [7, 11) is 0. The van der Waals surface area contributed by atoms with Crippen LogP contribution in [-0.2, 0) is 6.42 Å². The average molecular weight is 346 g/mol. The average Bonchev–Trinajstić information content (AvgIpc) is 2.37. The van der Waals surface area contributed by atoms with E-state index in [2.05, 4.69) is 15.9 Å². The first kappa shape index (κ1) is 14.5. The third kappa shape index (κ3) is 3.34. The van der Waals surface area contributed by atoms with Gasteiger partial charge in [0.15, 0.2) is 0 Å². The van der Waals surface area contributed by atoms with E-state index >= 15 is 0 Å². The highest BCUT2D eigenvalue weighted by atomic mass is 79.9. The molecule has 0 heterocycles. The van der Waals surface area contributed by atoms with Crippen molar-refractivity contribution in [3.8, 4) is 0 Å². The van der Waals surface area contributed by atoms with Gasteiger partial charge in [0.25, 0.3) is 0 Å². The third-order valence-electron chi connectivity index (χ3n) is 2.93. The molecular formula is C15H12BrClF2. The minimum Gasteiger partial charge on any atom is -0.207 e. The molecule has 0 bridgehead atoms. The molecule has 0 nitrogen and oxygen atoms in total. The maximum absolute atomic E-state index is 13.6. The summed E-state index contributed by atoms with van der Waals surface area (Å²) >= 11 is 9.71. The first-order valence-electron chi connectivity index (χ1n) is 5.82. The molecule has 19 heavy (non-hydrogen) atoms. The largest absolute Gasteiger partial charge is 0.207 e. The zero-order valence-electron chi connectivity index (χ0n) is 10.3. The smallest absolute Gasteiger partial charge is 0.129 e. The van der Waals surface area contributed by atoms with Gasteiger partial charge in [-0.2, -0.15) is 0 Å². The van der Waals surface area contributed by atoms with Gasteiger partial charge < -0.3 is 0 Å². The molecular weight excluding hydrogens is 334 g/mol. The summed E-state index contributed by atoms with van der Waals surface area (Å²) < 4.78 is 28.0. The lowest BCUT2D eigenvalue weighted by Gasteiger charge is -2.14. The van der Waals surface area contributed by atoms with Crippen LogP contribution >= 0.6 is 27.5 Å². The Bertz CT molecular complexity index is 578. The Hall–Kier alpha value is -0.930. The number of benzene rings is 2. The van der Waals surface area contributed by atoms with E-state index in [4.69, 9.17) is 11.6 Å². The summed E-state index contributed by atoms with van der Waals surface area (Å²) in [6.45, 7) is 1.95. The fourth-order valence-corrected chi connectivity index (χ4v) is 2.91. The zero-order chi connectivity index (χ0) is 14.0. The monoisotopic (exact) mass is 344 g/mol. The second-order valence-corrected chi connectivity index (χ2v) is 5.78. The van der Waals surface area contributed by atoms with Crippen molar-refractivity contribution in [3.05, 3.63) is 69.2 Å². The van der Waals surface area contributed by atoms with Crippen molar-refractivity contribution < 1.29 is 8.78 Å². The van der Waals surface area contributed by atoms with Crippen molar-refractivity contribution in [3.63, 3.8) is 0 Å². The minimum atomic E-state index is -0.561. The lowest BCUT2D eigenvalue weighted by atomic mass is 10.0. The molecule has 1 atom stereocenters. The normalized spacial score (nSPS) is 12.5. The molecule has 2 rings (SSSR count). The summed E-state index contributed by atoms with van der Waals surface area (Å²) in [6.07, 6.45) is 0.113. The van der Waals surface area contributed by atoms with Crippen LogP contribution in [0.2, 0.25) is 0 Å². The zero-order valence-corrected chi connectivity index (χ0v) is 12.6. The van der Waals surface area contributed by atoms with Gasteiger partial charge in [-0.25, -0.2) is 8.78 Å². The van der Waals surface area contributed by atoms with E-state index < -0.39 is 17.0 Å². The number of hydrogen-bond donors (Lipinski definition) is 0. The molecule has 0 saturated carbocycles.